The zero-order chi connectivity index (χ0) is 14.7. The number of pyridine rings is 1. The zero-order valence-electron chi connectivity index (χ0n) is 12.5. The molecule has 0 fully saturated rings. The molecule has 108 valence electrons. The van der Waals surface area contributed by atoms with Crippen molar-refractivity contribution in [2.24, 2.45) is 0 Å². The Balaban J connectivity index is 2.03. The van der Waals surface area contributed by atoms with E-state index in [1.165, 1.54) is 15.8 Å². The molecule has 2 aromatic heterocycles. The minimum Gasteiger partial charge on any atom is -0.304 e. The van der Waals surface area contributed by atoms with Crippen molar-refractivity contribution < 1.29 is 0 Å². The first-order valence-electron chi connectivity index (χ1n) is 7.42. The third kappa shape index (κ3) is 2.99. The number of aromatic nitrogens is 1. The topological polar surface area (TPSA) is 24.9 Å². The van der Waals surface area contributed by atoms with Gasteiger partial charge in [0.15, 0.2) is 0 Å². The lowest BCUT2D eigenvalue weighted by Gasteiger charge is -2.18. The molecule has 0 bridgehead atoms. The van der Waals surface area contributed by atoms with Crippen LogP contribution in [0.25, 0.3) is 10.9 Å². The van der Waals surface area contributed by atoms with E-state index in [2.05, 4.69) is 60.9 Å². The summed E-state index contributed by atoms with van der Waals surface area (Å²) >= 11 is 1.81. The van der Waals surface area contributed by atoms with Crippen LogP contribution in [0.4, 0.5) is 0 Å². The summed E-state index contributed by atoms with van der Waals surface area (Å²) in [5.41, 5.74) is 3.50. The quantitative estimate of drug-likeness (QED) is 0.738. The van der Waals surface area contributed by atoms with Gasteiger partial charge in [-0.15, -0.1) is 11.3 Å². The zero-order valence-corrected chi connectivity index (χ0v) is 13.3. The maximum absolute atomic E-state index is 4.87. The molecule has 1 unspecified atom stereocenters. The van der Waals surface area contributed by atoms with Gasteiger partial charge in [0.2, 0.25) is 0 Å². The van der Waals surface area contributed by atoms with E-state index in [1.807, 2.05) is 6.07 Å². The Kier molecular flexibility index (Phi) is 4.32. The summed E-state index contributed by atoms with van der Waals surface area (Å²) < 4.78 is 0. The summed E-state index contributed by atoms with van der Waals surface area (Å²) in [6, 6.07) is 15.0. The number of hydrogen-bond acceptors (Lipinski definition) is 3. The molecule has 1 atom stereocenters. The maximum atomic E-state index is 4.87. The van der Waals surface area contributed by atoms with E-state index < -0.39 is 0 Å². The number of nitrogens with one attached hydrogen (secondary N) is 1. The Hall–Kier alpha value is -1.71. The molecule has 0 saturated carbocycles. The summed E-state index contributed by atoms with van der Waals surface area (Å²) in [7, 11) is 0. The van der Waals surface area contributed by atoms with Gasteiger partial charge >= 0.3 is 0 Å². The third-order valence-electron chi connectivity index (χ3n) is 3.68. The highest BCUT2D eigenvalue weighted by atomic mass is 32.1. The first kappa shape index (κ1) is 14.2. The molecular weight excluding hydrogens is 276 g/mol. The number of thiophene rings is 1. The Labute approximate surface area is 129 Å². The second-order valence-corrected chi connectivity index (χ2v) is 6.23. The van der Waals surface area contributed by atoms with Crippen molar-refractivity contribution in [2.45, 2.75) is 26.3 Å². The highest BCUT2D eigenvalue weighted by Gasteiger charge is 2.18. The van der Waals surface area contributed by atoms with Gasteiger partial charge in [-0.2, -0.15) is 0 Å². The molecular formula is C18H20N2S. The van der Waals surface area contributed by atoms with Crippen LogP contribution in [-0.4, -0.2) is 11.5 Å². The molecule has 21 heavy (non-hydrogen) atoms. The molecule has 0 radical (unpaired) electrons. The molecule has 1 N–H and O–H groups in total. The van der Waals surface area contributed by atoms with Crippen molar-refractivity contribution in [3.8, 4) is 0 Å². The van der Waals surface area contributed by atoms with Crippen LogP contribution in [0.2, 0.25) is 0 Å². The molecule has 3 heteroatoms. The van der Waals surface area contributed by atoms with E-state index >= 15 is 0 Å². The number of hydrogen-bond donors (Lipinski definition) is 1. The summed E-state index contributed by atoms with van der Waals surface area (Å²) in [5, 5.41) is 6.99. The summed E-state index contributed by atoms with van der Waals surface area (Å²) in [5.74, 6) is 0. The summed E-state index contributed by atoms with van der Waals surface area (Å²) in [6.07, 6.45) is 1.12. The van der Waals surface area contributed by atoms with Crippen LogP contribution in [-0.2, 0) is 0 Å². The number of rotatable bonds is 5. The van der Waals surface area contributed by atoms with E-state index in [0.717, 1.165) is 24.2 Å². The van der Waals surface area contributed by atoms with Crippen LogP contribution >= 0.6 is 11.3 Å². The van der Waals surface area contributed by atoms with Crippen molar-refractivity contribution in [3.63, 3.8) is 0 Å². The van der Waals surface area contributed by atoms with Crippen molar-refractivity contribution in [3.05, 3.63) is 64.0 Å². The van der Waals surface area contributed by atoms with Crippen LogP contribution in [0.5, 0.6) is 0 Å². The van der Waals surface area contributed by atoms with Gasteiger partial charge in [-0.05, 0) is 49.0 Å². The monoisotopic (exact) mass is 296 g/mol. The number of aryl methyl sites for hydroxylation is 1. The molecule has 0 amide bonds. The van der Waals surface area contributed by atoms with Gasteiger partial charge < -0.3 is 5.32 Å². The first-order valence-corrected chi connectivity index (χ1v) is 8.30. The minimum absolute atomic E-state index is 0.189. The highest BCUT2D eigenvalue weighted by molar-refractivity contribution is 7.10. The smallest absolute Gasteiger partial charge is 0.0847 e. The largest absolute Gasteiger partial charge is 0.304 e. The molecule has 3 rings (SSSR count). The van der Waals surface area contributed by atoms with Gasteiger partial charge in [-0.3, -0.25) is 4.98 Å². The van der Waals surface area contributed by atoms with Gasteiger partial charge in [-0.1, -0.05) is 31.2 Å². The summed E-state index contributed by atoms with van der Waals surface area (Å²) in [4.78, 5) is 6.24. The Morgan fingerprint density at radius 3 is 2.76 bits per heavy atom. The SMILES string of the molecule is CCCNC(c1ccc2ccccc2n1)c1sccc1C. The minimum atomic E-state index is 0.189. The van der Waals surface area contributed by atoms with Crippen molar-refractivity contribution >= 4 is 22.2 Å². The lowest BCUT2D eigenvalue weighted by atomic mass is 10.1. The van der Waals surface area contributed by atoms with Crippen LogP contribution in [0.3, 0.4) is 0 Å². The molecule has 0 saturated heterocycles. The molecule has 1 aromatic carbocycles. The Bertz CT molecular complexity index is 733. The molecule has 3 aromatic rings. The molecule has 0 aliphatic heterocycles. The molecule has 0 aliphatic carbocycles. The Morgan fingerprint density at radius 1 is 1.14 bits per heavy atom. The number of para-hydroxylation sites is 1. The van der Waals surface area contributed by atoms with Gasteiger partial charge in [0.05, 0.1) is 17.3 Å². The predicted molar refractivity (Wildman–Crippen MR) is 90.9 cm³/mol. The van der Waals surface area contributed by atoms with E-state index in [9.17, 15) is 0 Å². The third-order valence-corrected chi connectivity index (χ3v) is 4.76. The lowest BCUT2D eigenvalue weighted by Crippen LogP contribution is -2.23. The molecule has 2 heterocycles. The number of fused-ring (bicyclic) bond motifs is 1. The lowest BCUT2D eigenvalue weighted by molar-refractivity contribution is 0.593. The van der Waals surface area contributed by atoms with Crippen LogP contribution < -0.4 is 5.32 Å². The predicted octanol–water partition coefficient (Wildman–Crippen LogP) is 4.69. The van der Waals surface area contributed by atoms with Crippen molar-refractivity contribution in [1.82, 2.24) is 10.3 Å². The van der Waals surface area contributed by atoms with E-state index in [4.69, 9.17) is 4.98 Å². The van der Waals surface area contributed by atoms with Crippen molar-refractivity contribution in [1.29, 1.82) is 0 Å². The Morgan fingerprint density at radius 2 is 2.00 bits per heavy atom. The first-order chi connectivity index (χ1) is 10.3. The maximum Gasteiger partial charge on any atom is 0.0847 e. The van der Waals surface area contributed by atoms with Crippen LogP contribution in [0.15, 0.2) is 47.8 Å². The fourth-order valence-corrected chi connectivity index (χ4v) is 3.56. The van der Waals surface area contributed by atoms with Crippen LogP contribution in [0, 0.1) is 6.92 Å². The standard InChI is InChI=1S/C18H20N2S/c1-3-11-19-17(18-13(2)10-12-21-18)16-9-8-14-6-4-5-7-15(14)20-16/h4-10,12,17,19H,3,11H2,1-2H3. The van der Waals surface area contributed by atoms with E-state index in [1.54, 1.807) is 11.3 Å². The molecule has 0 aliphatic rings. The normalized spacial score (nSPS) is 12.7. The van der Waals surface area contributed by atoms with E-state index in [-0.39, 0.29) is 6.04 Å². The van der Waals surface area contributed by atoms with Gasteiger partial charge in [0, 0.05) is 10.3 Å². The molecule has 2 nitrogen and oxygen atoms in total. The number of benzene rings is 1. The second-order valence-electron chi connectivity index (χ2n) is 5.28. The van der Waals surface area contributed by atoms with Gasteiger partial charge in [0.25, 0.3) is 0 Å². The highest BCUT2D eigenvalue weighted by Crippen LogP contribution is 2.29. The summed E-state index contributed by atoms with van der Waals surface area (Å²) in [6.45, 7) is 5.36. The molecule has 0 spiro atoms. The van der Waals surface area contributed by atoms with Gasteiger partial charge in [0.1, 0.15) is 0 Å². The van der Waals surface area contributed by atoms with Crippen molar-refractivity contribution in [2.75, 3.05) is 6.54 Å². The average Bonchev–Trinajstić information content (AvgIpc) is 2.94. The number of nitrogens with zero attached hydrogens (tertiary/aromatic N) is 1. The van der Waals surface area contributed by atoms with E-state index in [0.29, 0.717) is 0 Å². The fraction of sp³-hybridized carbons (Fsp3) is 0.278. The fourth-order valence-electron chi connectivity index (χ4n) is 2.54. The van der Waals surface area contributed by atoms with Gasteiger partial charge in [-0.25, -0.2) is 0 Å². The van der Waals surface area contributed by atoms with Crippen LogP contribution in [0.1, 0.15) is 35.5 Å². The second kappa shape index (κ2) is 6.37. The average molecular weight is 296 g/mol.